The fourth-order valence-corrected chi connectivity index (χ4v) is 3.86. The number of para-hydroxylation sites is 1. The largest absolute Gasteiger partial charge is 0.491 e. The normalized spacial score (nSPS) is 16.0. The number of likely N-dealkylation sites (N-methyl/N-ethyl adjacent to an activating group) is 1. The first-order valence-electron chi connectivity index (χ1n) is 8.84. The zero-order valence-electron chi connectivity index (χ0n) is 15.7. The summed E-state index contributed by atoms with van der Waals surface area (Å²) in [7, 11) is 3.31. The molecule has 0 bridgehead atoms. The third kappa shape index (κ3) is 3.83. The number of fused-ring (bicyclic) bond motifs is 1. The Morgan fingerprint density at radius 2 is 2.04 bits per heavy atom. The number of amides is 2. The molecule has 8 heteroatoms. The van der Waals surface area contributed by atoms with Crippen LogP contribution in [-0.2, 0) is 4.79 Å². The maximum absolute atomic E-state index is 13.0. The van der Waals surface area contributed by atoms with E-state index >= 15 is 0 Å². The summed E-state index contributed by atoms with van der Waals surface area (Å²) in [5, 5.41) is 11.6. The van der Waals surface area contributed by atoms with Gasteiger partial charge < -0.3 is 25.0 Å². The highest BCUT2D eigenvalue weighted by Gasteiger charge is 2.38. The molecule has 148 valence electrons. The topological polar surface area (TPSA) is 82.1 Å². The molecule has 0 aliphatic carbocycles. The predicted molar refractivity (Wildman–Crippen MR) is 109 cm³/mol. The van der Waals surface area contributed by atoms with Crippen LogP contribution in [0, 0.1) is 0 Å². The lowest BCUT2D eigenvalue weighted by Crippen LogP contribution is -2.50. The van der Waals surface area contributed by atoms with Gasteiger partial charge in [0, 0.05) is 24.1 Å². The van der Waals surface area contributed by atoms with Crippen molar-refractivity contribution in [1.29, 1.82) is 0 Å². The molecule has 2 aromatic rings. The average Bonchev–Trinajstić information content (AvgIpc) is 2.71. The standard InChI is InChI=1S/C20H22BrN3O4/c1-22-18(26)12-24-17-6-4-3-5-15(17)20(27)23(2)19(24)14-8-7-13(11-16(14)21)28-10-9-25/h3-8,11,19,25H,9-10,12H2,1-2H3,(H,22,26)/t19-/m1/s1. The molecule has 28 heavy (non-hydrogen) atoms. The number of nitrogens with zero attached hydrogens (tertiary/aromatic N) is 2. The van der Waals surface area contributed by atoms with Gasteiger partial charge in [0.15, 0.2) is 0 Å². The molecular weight excluding hydrogens is 426 g/mol. The fraction of sp³-hybridized carbons (Fsp3) is 0.300. The number of carbonyl (C=O) groups excluding carboxylic acids is 2. The molecule has 0 radical (unpaired) electrons. The van der Waals surface area contributed by atoms with E-state index in [0.717, 1.165) is 10.0 Å². The highest BCUT2D eigenvalue weighted by atomic mass is 79.9. The quantitative estimate of drug-likeness (QED) is 0.708. The minimum Gasteiger partial charge on any atom is -0.491 e. The third-order valence-electron chi connectivity index (χ3n) is 4.63. The number of ether oxygens (including phenoxy) is 1. The first-order chi connectivity index (χ1) is 13.5. The number of anilines is 1. The second kappa shape index (κ2) is 8.62. The highest BCUT2D eigenvalue weighted by molar-refractivity contribution is 9.10. The van der Waals surface area contributed by atoms with E-state index in [9.17, 15) is 9.59 Å². The summed E-state index contributed by atoms with van der Waals surface area (Å²) >= 11 is 3.57. The number of rotatable bonds is 6. The fourth-order valence-electron chi connectivity index (χ4n) is 3.30. The second-order valence-corrected chi connectivity index (χ2v) is 7.22. The van der Waals surface area contributed by atoms with Crippen LogP contribution >= 0.6 is 15.9 Å². The van der Waals surface area contributed by atoms with Crippen LogP contribution in [0.4, 0.5) is 5.69 Å². The number of benzene rings is 2. The summed E-state index contributed by atoms with van der Waals surface area (Å²) < 4.78 is 6.20. The van der Waals surface area contributed by atoms with Gasteiger partial charge in [0.1, 0.15) is 18.5 Å². The molecule has 0 saturated carbocycles. The summed E-state index contributed by atoms with van der Waals surface area (Å²) in [6.45, 7) is 0.227. The molecule has 1 aliphatic rings. The molecular formula is C20H22BrN3O4. The molecule has 0 aromatic heterocycles. The van der Waals surface area contributed by atoms with E-state index in [1.54, 1.807) is 37.2 Å². The van der Waals surface area contributed by atoms with Crippen molar-refractivity contribution in [2.75, 3.05) is 38.8 Å². The zero-order chi connectivity index (χ0) is 20.3. The van der Waals surface area contributed by atoms with Crippen molar-refractivity contribution in [2.45, 2.75) is 6.17 Å². The molecule has 2 amide bonds. The molecule has 2 aromatic carbocycles. The summed E-state index contributed by atoms with van der Waals surface area (Å²) in [5.74, 6) is 0.343. The van der Waals surface area contributed by atoms with Gasteiger partial charge in [-0.15, -0.1) is 0 Å². The van der Waals surface area contributed by atoms with Gasteiger partial charge in [-0.1, -0.05) is 34.1 Å². The van der Waals surface area contributed by atoms with Gasteiger partial charge in [-0.05, 0) is 24.3 Å². The Bertz CT molecular complexity index is 890. The van der Waals surface area contributed by atoms with Crippen LogP contribution in [0.3, 0.4) is 0 Å². The molecule has 1 atom stereocenters. The summed E-state index contributed by atoms with van der Waals surface area (Å²) in [4.78, 5) is 28.7. The highest BCUT2D eigenvalue weighted by Crippen LogP contribution is 2.40. The lowest BCUT2D eigenvalue weighted by Gasteiger charge is -2.44. The number of aliphatic hydroxyl groups excluding tert-OH is 1. The van der Waals surface area contributed by atoms with E-state index in [4.69, 9.17) is 9.84 Å². The Kier molecular flexibility index (Phi) is 6.21. The van der Waals surface area contributed by atoms with E-state index in [1.165, 1.54) is 0 Å². The van der Waals surface area contributed by atoms with Crippen LogP contribution in [-0.4, -0.2) is 55.7 Å². The Balaban J connectivity index is 2.06. The number of aliphatic hydroxyl groups is 1. The van der Waals surface area contributed by atoms with Crippen molar-refractivity contribution in [3.8, 4) is 5.75 Å². The SMILES string of the molecule is CNC(=O)CN1c2ccccc2C(=O)N(C)[C@H]1c1ccc(OCCO)cc1Br. The number of carbonyl (C=O) groups is 2. The zero-order valence-corrected chi connectivity index (χ0v) is 17.3. The molecule has 2 N–H and O–H groups in total. The lowest BCUT2D eigenvalue weighted by atomic mass is 10.0. The molecule has 1 aliphatic heterocycles. The van der Waals surface area contributed by atoms with Gasteiger partial charge in [-0.2, -0.15) is 0 Å². The van der Waals surface area contributed by atoms with E-state index in [-0.39, 0.29) is 31.6 Å². The first-order valence-corrected chi connectivity index (χ1v) is 9.63. The molecule has 0 saturated heterocycles. The van der Waals surface area contributed by atoms with Crippen molar-refractivity contribution < 1.29 is 19.4 Å². The van der Waals surface area contributed by atoms with Gasteiger partial charge in [0.05, 0.1) is 24.4 Å². The predicted octanol–water partition coefficient (Wildman–Crippen LogP) is 2.16. The van der Waals surface area contributed by atoms with Crippen LogP contribution in [0.15, 0.2) is 46.9 Å². The molecule has 7 nitrogen and oxygen atoms in total. The van der Waals surface area contributed by atoms with E-state index < -0.39 is 6.17 Å². The van der Waals surface area contributed by atoms with Crippen LogP contribution < -0.4 is 15.0 Å². The number of halogens is 1. The smallest absolute Gasteiger partial charge is 0.257 e. The van der Waals surface area contributed by atoms with Crippen molar-refractivity contribution in [2.24, 2.45) is 0 Å². The van der Waals surface area contributed by atoms with Crippen molar-refractivity contribution >= 4 is 33.4 Å². The second-order valence-electron chi connectivity index (χ2n) is 6.36. The van der Waals surface area contributed by atoms with E-state index in [0.29, 0.717) is 17.0 Å². The number of hydrogen-bond acceptors (Lipinski definition) is 5. The first kappa shape index (κ1) is 20.2. The summed E-state index contributed by atoms with van der Waals surface area (Å²) in [5.41, 5.74) is 2.10. The maximum atomic E-state index is 13.0. The van der Waals surface area contributed by atoms with Gasteiger partial charge in [-0.25, -0.2) is 0 Å². The summed E-state index contributed by atoms with van der Waals surface area (Å²) in [6, 6.07) is 12.7. The summed E-state index contributed by atoms with van der Waals surface area (Å²) in [6.07, 6.45) is -0.471. The third-order valence-corrected chi connectivity index (χ3v) is 5.32. The number of nitrogens with one attached hydrogen (secondary N) is 1. The van der Waals surface area contributed by atoms with Crippen molar-refractivity contribution in [3.05, 3.63) is 58.1 Å². The molecule has 3 rings (SSSR count). The molecule has 0 unspecified atom stereocenters. The van der Waals surface area contributed by atoms with Crippen molar-refractivity contribution in [1.82, 2.24) is 10.2 Å². The van der Waals surface area contributed by atoms with E-state index in [2.05, 4.69) is 21.2 Å². The molecule has 1 heterocycles. The maximum Gasteiger partial charge on any atom is 0.257 e. The van der Waals surface area contributed by atoms with Crippen molar-refractivity contribution in [3.63, 3.8) is 0 Å². The van der Waals surface area contributed by atoms with Gasteiger partial charge in [0.2, 0.25) is 5.91 Å². The van der Waals surface area contributed by atoms with Gasteiger partial charge in [-0.3, -0.25) is 9.59 Å². The van der Waals surface area contributed by atoms with Crippen LogP contribution in [0.5, 0.6) is 5.75 Å². The Labute approximate surface area is 172 Å². The molecule has 0 spiro atoms. The molecule has 0 fully saturated rings. The monoisotopic (exact) mass is 447 g/mol. The van der Waals surface area contributed by atoms with E-state index in [1.807, 2.05) is 29.2 Å². The van der Waals surface area contributed by atoms with Crippen LogP contribution in [0.25, 0.3) is 0 Å². The Morgan fingerprint density at radius 1 is 1.29 bits per heavy atom. The minimum absolute atomic E-state index is 0.0735. The minimum atomic E-state index is -0.471. The Morgan fingerprint density at radius 3 is 2.71 bits per heavy atom. The van der Waals surface area contributed by atoms with Crippen LogP contribution in [0.1, 0.15) is 22.1 Å². The average molecular weight is 448 g/mol. The Hall–Kier alpha value is -2.58. The van der Waals surface area contributed by atoms with Gasteiger partial charge in [0.25, 0.3) is 5.91 Å². The lowest BCUT2D eigenvalue weighted by molar-refractivity contribution is -0.119. The number of hydrogen-bond donors (Lipinski definition) is 2. The van der Waals surface area contributed by atoms with Gasteiger partial charge >= 0.3 is 0 Å². The van der Waals surface area contributed by atoms with Crippen LogP contribution in [0.2, 0.25) is 0 Å².